The molecule has 0 amide bonds. The average molecular weight is 209 g/mol. The van der Waals surface area contributed by atoms with Crippen LogP contribution in [0.3, 0.4) is 0 Å². The lowest BCUT2D eigenvalue weighted by Gasteiger charge is -1.79. The minimum absolute atomic E-state index is 0.558. The van der Waals surface area contributed by atoms with E-state index in [9.17, 15) is 9.59 Å². The molecule has 0 spiro atoms. The molecule has 0 aromatic carbocycles. The summed E-state index contributed by atoms with van der Waals surface area (Å²) in [5, 5.41) is 18.5. The molecule has 1 aliphatic heterocycles. The normalized spacial score (nSPS) is 12.5. The highest BCUT2D eigenvalue weighted by molar-refractivity contribution is 5.89. The van der Waals surface area contributed by atoms with Gasteiger partial charge in [0.15, 0.2) is 0 Å². The molecule has 0 aromatic heterocycles. The van der Waals surface area contributed by atoms with Gasteiger partial charge in [-0.25, -0.2) is 9.59 Å². The highest BCUT2D eigenvalue weighted by Crippen LogP contribution is 1.81. The molecular weight excluding hydrogens is 198 g/mol. The Morgan fingerprint density at radius 3 is 1.60 bits per heavy atom. The third kappa shape index (κ3) is 11.7. The first kappa shape index (κ1) is 12.7. The van der Waals surface area contributed by atoms with Crippen LogP contribution in [0.1, 0.15) is 0 Å². The highest BCUT2D eigenvalue weighted by atomic mass is 16.4. The zero-order valence-electron chi connectivity index (χ0n) is 7.83. The van der Waals surface area contributed by atoms with Gasteiger partial charge in [0.1, 0.15) is 0 Å². The van der Waals surface area contributed by atoms with Crippen LogP contribution in [-0.2, 0) is 9.59 Å². The maximum atomic E-state index is 9.55. The number of allylic oxidation sites excluding steroid dienone is 4. The molecule has 0 radical (unpaired) electrons. The Morgan fingerprint density at radius 2 is 1.27 bits per heavy atom. The van der Waals surface area contributed by atoms with Crippen LogP contribution in [0.15, 0.2) is 48.9 Å². The van der Waals surface area contributed by atoms with E-state index < -0.39 is 11.9 Å². The Morgan fingerprint density at radius 1 is 0.867 bits per heavy atom. The van der Waals surface area contributed by atoms with Crippen molar-refractivity contribution in [2.75, 3.05) is 0 Å². The second kappa shape index (κ2) is 8.31. The van der Waals surface area contributed by atoms with E-state index in [1.54, 1.807) is 0 Å². The zero-order valence-corrected chi connectivity index (χ0v) is 7.83. The summed E-state index contributed by atoms with van der Waals surface area (Å²) < 4.78 is 0. The van der Waals surface area contributed by atoms with E-state index in [1.165, 1.54) is 0 Å². The molecule has 3 N–H and O–H groups in total. The van der Waals surface area contributed by atoms with Gasteiger partial charge in [0.2, 0.25) is 0 Å². The molecule has 0 aromatic rings. The van der Waals surface area contributed by atoms with E-state index in [0.717, 1.165) is 0 Å². The predicted octanol–water partition coefficient (Wildman–Crippen LogP) is 0.885. The summed E-state index contributed by atoms with van der Waals surface area (Å²) in [6.45, 7) is 0. The van der Waals surface area contributed by atoms with E-state index in [-0.39, 0.29) is 0 Å². The van der Waals surface area contributed by atoms with E-state index in [1.807, 2.05) is 36.7 Å². The first-order chi connectivity index (χ1) is 7.13. The van der Waals surface area contributed by atoms with Crippen molar-refractivity contribution in [3.63, 3.8) is 0 Å². The molecule has 1 heterocycles. The molecule has 0 saturated carbocycles. The molecule has 80 valence electrons. The third-order valence-corrected chi connectivity index (χ3v) is 1.09. The molecule has 0 bridgehead atoms. The second-order valence-corrected chi connectivity index (χ2v) is 2.28. The van der Waals surface area contributed by atoms with Crippen molar-refractivity contribution in [3.05, 3.63) is 48.9 Å². The number of hydrogen-bond acceptors (Lipinski definition) is 3. The van der Waals surface area contributed by atoms with Gasteiger partial charge in [-0.1, -0.05) is 12.2 Å². The van der Waals surface area contributed by atoms with Gasteiger partial charge in [-0.05, 0) is 12.2 Å². The standard InChI is InChI=1S/C6H7N.C4H4O4/c1-2-4-6-7-5-3-1;5-3(6)1-2-4(7)8/h1-7H;1-2H,(H,5,6)(H,7,8)/b;2-1+. The first-order valence-corrected chi connectivity index (χ1v) is 4.01. The van der Waals surface area contributed by atoms with Crippen LogP contribution >= 0.6 is 0 Å². The lowest BCUT2D eigenvalue weighted by atomic mass is 10.5. The van der Waals surface area contributed by atoms with E-state index in [0.29, 0.717) is 12.2 Å². The molecule has 1 rings (SSSR count). The molecular formula is C10H11NO4. The van der Waals surface area contributed by atoms with Gasteiger partial charge in [0.25, 0.3) is 0 Å². The van der Waals surface area contributed by atoms with Gasteiger partial charge in [0, 0.05) is 24.6 Å². The molecule has 5 nitrogen and oxygen atoms in total. The average Bonchev–Trinajstić information content (AvgIpc) is 2.47. The van der Waals surface area contributed by atoms with Crippen LogP contribution < -0.4 is 5.32 Å². The molecule has 0 saturated heterocycles. The predicted molar refractivity (Wildman–Crippen MR) is 55.0 cm³/mol. The number of nitrogens with one attached hydrogen (secondary N) is 1. The summed E-state index contributed by atoms with van der Waals surface area (Å²) >= 11 is 0. The Hall–Kier alpha value is -2.30. The topological polar surface area (TPSA) is 86.6 Å². The van der Waals surface area contributed by atoms with Gasteiger partial charge in [0.05, 0.1) is 0 Å². The Balaban J connectivity index is 0.000000262. The summed E-state index contributed by atoms with van der Waals surface area (Å²) in [4.78, 5) is 19.1. The lowest BCUT2D eigenvalue weighted by molar-refractivity contribution is -0.134. The number of aliphatic carboxylic acids is 2. The summed E-state index contributed by atoms with van der Waals surface area (Å²) in [6, 6.07) is 0. The van der Waals surface area contributed by atoms with Gasteiger partial charge in [-0.3, -0.25) is 0 Å². The van der Waals surface area contributed by atoms with Crippen LogP contribution in [0.5, 0.6) is 0 Å². The first-order valence-electron chi connectivity index (χ1n) is 4.01. The molecule has 5 heteroatoms. The maximum Gasteiger partial charge on any atom is 0.328 e. The van der Waals surface area contributed by atoms with Gasteiger partial charge in [-0.15, -0.1) is 0 Å². The largest absolute Gasteiger partial charge is 0.478 e. The van der Waals surface area contributed by atoms with Crippen molar-refractivity contribution >= 4 is 11.9 Å². The number of carboxylic acid groups (broad SMARTS) is 2. The quantitative estimate of drug-likeness (QED) is 0.588. The minimum Gasteiger partial charge on any atom is -0.478 e. The van der Waals surface area contributed by atoms with Gasteiger partial charge in [-0.2, -0.15) is 0 Å². The Bertz CT molecular complexity index is 296. The van der Waals surface area contributed by atoms with Crippen molar-refractivity contribution in [2.24, 2.45) is 0 Å². The molecule has 15 heavy (non-hydrogen) atoms. The summed E-state index contributed by atoms with van der Waals surface area (Å²) in [6.07, 6.45) is 12.7. The number of rotatable bonds is 2. The van der Waals surface area contributed by atoms with E-state index in [4.69, 9.17) is 10.2 Å². The van der Waals surface area contributed by atoms with Crippen LogP contribution in [-0.4, -0.2) is 22.2 Å². The smallest absolute Gasteiger partial charge is 0.328 e. The van der Waals surface area contributed by atoms with Crippen molar-refractivity contribution in [2.45, 2.75) is 0 Å². The second-order valence-electron chi connectivity index (χ2n) is 2.28. The van der Waals surface area contributed by atoms with Gasteiger partial charge < -0.3 is 15.5 Å². The number of hydrogen-bond donors (Lipinski definition) is 3. The summed E-state index contributed by atoms with van der Waals surface area (Å²) in [5.74, 6) is -2.51. The lowest BCUT2D eigenvalue weighted by Crippen LogP contribution is -1.91. The maximum absolute atomic E-state index is 9.55. The van der Waals surface area contributed by atoms with Crippen molar-refractivity contribution in [3.8, 4) is 0 Å². The fourth-order valence-corrected chi connectivity index (χ4v) is 0.549. The van der Waals surface area contributed by atoms with E-state index >= 15 is 0 Å². The van der Waals surface area contributed by atoms with Crippen LogP contribution in [0, 0.1) is 0 Å². The van der Waals surface area contributed by atoms with Crippen molar-refractivity contribution in [1.82, 2.24) is 5.32 Å². The molecule has 0 atom stereocenters. The minimum atomic E-state index is -1.26. The van der Waals surface area contributed by atoms with Crippen molar-refractivity contribution in [1.29, 1.82) is 0 Å². The Kier molecular flexibility index (Phi) is 7.03. The fraction of sp³-hybridized carbons (Fsp3) is 0. The van der Waals surface area contributed by atoms with Gasteiger partial charge >= 0.3 is 11.9 Å². The van der Waals surface area contributed by atoms with Crippen LogP contribution in [0.4, 0.5) is 0 Å². The monoisotopic (exact) mass is 209 g/mol. The fourth-order valence-electron chi connectivity index (χ4n) is 0.549. The summed E-state index contributed by atoms with van der Waals surface area (Å²) in [7, 11) is 0. The van der Waals surface area contributed by atoms with Crippen LogP contribution in [0.2, 0.25) is 0 Å². The van der Waals surface area contributed by atoms with Crippen LogP contribution in [0.25, 0.3) is 0 Å². The van der Waals surface area contributed by atoms with E-state index in [2.05, 4.69) is 5.32 Å². The third-order valence-electron chi connectivity index (χ3n) is 1.09. The Labute approximate surface area is 86.7 Å². The zero-order chi connectivity index (χ0) is 11.5. The summed E-state index contributed by atoms with van der Waals surface area (Å²) in [5.41, 5.74) is 0. The molecule has 0 fully saturated rings. The molecule has 0 unspecified atom stereocenters. The molecule has 0 aliphatic carbocycles. The number of carbonyl (C=O) groups is 2. The number of carboxylic acids is 2. The highest BCUT2D eigenvalue weighted by Gasteiger charge is 1.88. The van der Waals surface area contributed by atoms with Crippen molar-refractivity contribution < 1.29 is 19.8 Å². The SMILES string of the molecule is C1=CC=CNC=C1.O=C(O)/C=C/C(=O)O. The molecule has 1 aliphatic rings.